The number of hydrogen-bond donors (Lipinski definition) is 3. The van der Waals surface area contributed by atoms with Crippen LogP contribution in [0.15, 0.2) is 11.0 Å². The van der Waals surface area contributed by atoms with Gasteiger partial charge < -0.3 is 24.8 Å². The normalized spacial score (nSPS) is 37.7. The summed E-state index contributed by atoms with van der Waals surface area (Å²) in [5, 5.41) is 32.4. The van der Waals surface area contributed by atoms with Gasteiger partial charge in [0.25, 0.3) is 0 Å². The Kier molecular flexibility index (Phi) is 8.90. The van der Waals surface area contributed by atoms with E-state index in [0.29, 0.717) is 25.2 Å². The van der Waals surface area contributed by atoms with Crippen molar-refractivity contribution in [3.05, 3.63) is 11.0 Å². The van der Waals surface area contributed by atoms with Gasteiger partial charge in [0.15, 0.2) is 0 Å². The fraction of sp³-hybridized carbons (Fsp3) is 0.900. The van der Waals surface area contributed by atoms with E-state index >= 15 is 0 Å². The van der Waals surface area contributed by atoms with Crippen LogP contribution in [0.1, 0.15) is 53.4 Å². The van der Waals surface area contributed by atoms with Gasteiger partial charge in [0.2, 0.25) is 0 Å². The predicted octanol–water partition coefficient (Wildman–Crippen LogP) is 1.74. The van der Waals surface area contributed by atoms with Crippen LogP contribution in [0.5, 0.6) is 0 Å². The van der Waals surface area contributed by atoms with Gasteiger partial charge in [-0.3, -0.25) is 4.21 Å². The van der Waals surface area contributed by atoms with Crippen molar-refractivity contribution in [3.63, 3.8) is 0 Å². The third-order valence-corrected chi connectivity index (χ3v) is 7.09. The molecule has 0 saturated carbocycles. The van der Waals surface area contributed by atoms with E-state index in [1.807, 2.05) is 13.8 Å². The molecule has 2 unspecified atom stereocenters. The van der Waals surface area contributed by atoms with Gasteiger partial charge in [-0.1, -0.05) is 25.8 Å². The average Bonchev–Trinajstić information content (AvgIpc) is 3.37. The van der Waals surface area contributed by atoms with Crippen LogP contribution in [0.25, 0.3) is 0 Å². The molecule has 0 aromatic heterocycles. The van der Waals surface area contributed by atoms with Crippen LogP contribution in [0.3, 0.4) is 0 Å². The van der Waals surface area contributed by atoms with E-state index in [-0.39, 0.29) is 24.0 Å². The number of ether oxygens (including phenoxy) is 2. The van der Waals surface area contributed by atoms with Gasteiger partial charge in [-0.2, -0.15) is 0 Å². The van der Waals surface area contributed by atoms with E-state index in [0.717, 1.165) is 18.4 Å². The van der Waals surface area contributed by atoms with E-state index in [9.17, 15) is 19.5 Å². The monoisotopic (exact) mass is 404 g/mol. The number of aliphatic hydroxyl groups excluding tert-OH is 3. The Morgan fingerprint density at radius 3 is 2.59 bits per heavy atom. The predicted molar refractivity (Wildman–Crippen MR) is 106 cm³/mol. The minimum atomic E-state index is -0.992. The Balaban J connectivity index is 1.81. The summed E-state index contributed by atoms with van der Waals surface area (Å²) in [4.78, 5) is 0. The highest BCUT2D eigenvalue weighted by molar-refractivity contribution is 7.87. The van der Waals surface area contributed by atoms with Crippen LogP contribution in [0.2, 0.25) is 0 Å². The van der Waals surface area contributed by atoms with Gasteiger partial charge in [0.1, 0.15) is 6.10 Å². The molecule has 0 bridgehead atoms. The minimum absolute atomic E-state index is 0.00391. The zero-order chi connectivity index (χ0) is 20.1. The lowest BCUT2D eigenvalue weighted by Crippen LogP contribution is -2.50. The fourth-order valence-electron chi connectivity index (χ4n) is 3.65. The van der Waals surface area contributed by atoms with Crippen LogP contribution in [0.4, 0.5) is 0 Å². The zero-order valence-electron chi connectivity index (χ0n) is 16.9. The molecular formula is C20H36O6S. The zero-order valence-corrected chi connectivity index (χ0v) is 17.7. The molecule has 0 aromatic carbocycles. The summed E-state index contributed by atoms with van der Waals surface area (Å²) in [5.41, 5.74) is 0.912. The average molecular weight is 405 g/mol. The highest BCUT2D eigenvalue weighted by atomic mass is 32.2. The van der Waals surface area contributed by atoms with Crippen LogP contribution in [-0.2, 0) is 20.3 Å². The SMILES string of the molecule is CCCCS(=O)/C=C(\C)C[C@@H]1OCC(C[C@@H]2O[C@H]2[C@@H](C)[C@H](C)O)[C@@H](O)[C@H]1O. The summed E-state index contributed by atoms with van der Waals surface area (Å²) < 4.78 is 23.4. The van der Waals surface area contributed by atoms with Crippen LogP contribution in [0, 0.1) is 11.8 Å². The first kappa shape index (κ1) is 23.0. The second-order valence-electron chi connectivity index (χ2n) is 8.19. The molecule has 0 radical (unpaired) electrons. The lowest BCUT2D eigenvalue weighted by atomic mass is 9.85. The quantitative estimate of drug-likeness (QED) is 0.480. The molecule has 9 atom stereocenters. The second kappa shape index (κ2) is 10.5. The molecule has 2 rings (SSSR count). The molecule has 2 heterocycles. The molecule has 0 spiro atoms. The summed E-state index contributed by atoms with van der Waals surface area (Å²) in [6, 6.07) is 0. The van der Waals surface area contributed by atoms with Crippen LogP contribution < -0.4 is 0 Å². The number of aliphatic hydroxyl groups is 3. The first-order valence-corrected chi connectivity index (χ1v) is 11.5. The number of hydrogen-bond acceptors (Lipinski definition) is 6. The smallest absolute Gasteiger partial charge is 0.107 e. The van der Waals surface area contributed by atoms with Gasteiger partial charge in [-0.15, -0.1) is 0 Å². The molecule has 0 amide bonds. The second-order valence-corrected chi connectivity index (χ2v) is 9.60. The standard InChI is InChI=1S/C20H36O6S/c1-5-6-7-27(24)11-12(2)8-16-19(23)18(22)15(10-25-16)9-17-20(26-17)13(3)14(4)21/h11,13-23H,5-10H2,1-4H3/b12-11+/t13-,14-,15?,16-,17-,18+,19-,20-,27?/m0/s1. The van der Waals surface area contributed by atoms with Crippen molar-refractivity contribution in [3.8, 4) is 0 Å². The minimum Gasteiger partial charge on any atom is -0.393 e. The van der Waals surface area contributed by atoms with Gasteiger partial charge in [-0.05, 0) is 33.1 Å². The molecule has 2 fully saturated rings. The molecule has 3 N–H and O–H groups in total. The maximum atomic E-state index is 12.0. The third kappa shape index (κ3) is 6.61. The molecule has 6 nitrogen and oxygen atoms in total. The Morgan fingerprint density at radius 1 is 1.26 bits per heavy atom. The van der Waals surface area contributed by atoms with Gasteiger partial charge in [0.05, 0.1) is 37.1 Å². The summed E-state index contributed by atoms with van der Waals surface area (Å²) in [6.07, 6.45) is 0.279. The Labute approximate surface area is 165 Å². The highest BCUT2D eigenvalue weighted by Crippen LogP contribution is 2.38. The molecule has 2 saturated heterocycles. The summed E-state index contributed by atoms with van der Waals surface area (Å²) in [5.74, 6) is 0.520. The van der Waals surface area contributed by atoms with E-state index < -0.39 is 35.2 Å². The lowest BCUT2D eigenvalue weighted by Gasteiger charge is -2.38. The van der Waals surface area contributed by atoms with Crippen molar-refractivity contribution in [2.45, 2.75) is 90.0 Å². The molecule has 7 heteroatoms. The maximum absolute atomic E-state index is 12.0. The van der Waals surface area contributed by atoms with Crippen molar-refractivity contribution in [1.29, 1.82) is 0 Å². The van der Waals surface area contributed by atoms with Crippen molar-refractivity contribution in [1.82, 2.24) is 0 Å². The Bertz CT molecular complexity index is 523. The number of unbranched alkanes of at least 4 members (excludes halogenated alkanes) is 1. The molecule has 2 aliphatic rings. The van der Waals surface area contributed by atoms with E-state index in [2.05, 4.69) is 6.92 Å². The van der Waals surface area contributed by atoms with Crippen molar-refractivity contribution in [2.75, 3.05) is 12.4 Å². The Morgan fingerprint density at radius 2 is 1.96 bits per heavy atom. The topological polar surface area (TPSA) is 99.5 Å². The largest absolute Gasteiger partial charge is 0.393 e. The first-order chi connectivity index (χ1) is 12.7. The molecule has 158 valence electrons. The van der Waals surface area contributed by atoms with E-state index in [4.69, 9.17) is 9.47 Å². The van der Waals surface area contributed by atoms with Crippen LogP contribution >= 0.6 is 0 Å². The molecule has 2 aliphatic heterocycles. The fourth-order valence-corrected chi connectivity index (χ4v) is 4.88. The Hall–Kier alpha value is -0.310. The molecule has 27 heavy (non-hydrogen) atoms. The number of rotatable bonds is 10. The first-order valence-electron chi connectivity index (χ1n) is 10.1. The lowest BCUT2D eigenvalue weighted by molar-refractivity contribution is -0.165. The van der Waals surface area contributed by atoms with Gasteiger partial charge in [0, 0.05) is 33.8 Å². The van der Waals surface area contributed by atoms with Crippen molar-refractivity contribution < 1.29 is 29.0 Å². The summed E-state index contributed by atoms with van der Waals surface area (Å²) >= 11 is 0. The van der Waals surface area contributed by atoms with E-state index in [1.165, 1.54) is 0 Å². The maximum Gasteiger partial charge on any atom is 0.107 e. The molecular weight excluding hydrogens is 368 g/mol. The molecule has 0 aromatic rings. The summed E-state index contributed by atoms with van der Waals surface area (Å²) in [6.45, 7) is 8.02. The highest BCUT2D eigenvalue weighted by Gasteiger charge is 2.48. The van der Waals surface area contributed by atoms with Crippen molar-refractivity contribution in [2.24, 2.45) is 11.8 Å². The third-order valence-electron chi connectivity index (χ3n) is 5.73. The van der Waals surface area contributed by atoms with Crippen molar-refractivity contribution >= 4 is 10.8 Å². The number of epoxide rings is 1. The van der Waals surface area contributed by atoms with Crippen LogP contribution in [-0.4, -0.2) is 68.5 Å². The van der Waals surface area contributed by atoms with E-state index in [1.54, 1.807) is 12.3 Å². The van der Waals surface area contributed by atoms with Gasteiger partial charge in [-0.25, -0.2) is 0 Å². The summed E-state index contributed by atoms with van der Waals surface area (Å²) in [7, 11) is -0.992. The van der Waals surface area contributed by atoms with Gasteiger partial charge >= 0.3 is 0 Å². The molecule has 0 aliphatic carbocycles.